The number of anilines is 1. The van der Waals surface area contributed by atoms with Crippen LogP contribution in [0.3, 0.4) is 0 Å². The molecule has 0 amide bonds. The summed E-state index contributed by atoms with van der Waals surface area (Å²) in [7, 11) is 0. The Bertz CT molecular complexity index is 580. The standard InChI is InChI=1S/C11H9N3O2S/c12-11-14-13-10(17-11)4-2-7-1-3-8-9(5-7)16-6-15-8/h1-5H,6H2,(H2,12,14)/b4-2+. The molecule has 2 aromatic rings. The number of nitrogens with zero attached hydrogens (tertiary/aromatic N) is 2. The van der Waals surface area contributed by atoms with Gasteiger partial charge in [0.25, 0.3) is 0 Å². The van der Waals surface area contributed by atoms with Crippen LogP contribution >= 0.6 is 11.3 Å². The molecule has 1 aliphatic heterocycles. The van der Waals surface area contributed by atoms with Crippen LogP contribution in [0.15, 0.2) is 18.2 Å². The molecule has 3 rings (SSSR count). The number of fused-ring (bicyclic) bond motifs is 1. The first kappa shape index (κ1) is 10.1. The molecule has 0 radical (unpaired) electrons. The van der Waals surface area contributed by atoms with Crippen molar-refractivity contribution in [3.8, 4) is 11.5 Å². The highest BCUT2D eigenvalue weighted by atomic mass is 32.1. The van der Waals surface area contributed by atoms with Crippen molar-refractivity contribution in [1.29, 1.82) is 0 Å². The summed E-state index contributed by atoms with van der Waals surface area (Å²) >= 11 is 1.35. The minimum absolute atomic E-state index is 0.287. The topological polar surface area (TPSA) is 70.3 Å². The van der Waals surface area contributed by atoms with Gasteiger partial charge in [-0.1, -0.05) is 23.5 Å². The summed E-state index contributed by atoms with van der Waals surface area (Å²) < 4.78 is 10.5. The molecule has 0 fully saturated rings. The number of nitrogens with two attached hydrogens (primary N) is 1. The number of hydrogen-bond acceptors (Lipinski definition) is 6. The van der Waals surface area contributed by atoms with Gasteiger partial charge in [-0.15, -0.1) is 10.2 Å². The maximum absolute atomic E-state index is 5.50. The first-order valence-corrected chi connectivity index (χ1v) is 5.79. The van der Waals surface area contributed by atoms with Crippen LogP contribution in [0.5, 0.6) is 11.5 Å². The molecule has 0 spiro atoms. The molecule has 2 N–H and O–H groups in total. The van der Waals surface area contributed by atoms with Gasteiger partial charge in [0.1, 0.15) is 5.01 Å². The molecule has 1 aliphatic rings. The van der Waals surface area contributed by atoms with Crippen molar-refractivity contribution in [3.63, 3.8) is 0 Å². The van der Waals surface area contributed by atoms with Crippen LogP contribution in [0.25, 0.3) is 12.2 Å². The van der Waals surface area contributed by atoms with Crippen molar-refractivity contribution in [3.05, 3.63) is 28.8 Å². The lowest BCUT2D eigenvalue weighted by Gasteiger charge is -1.96. The Hall–Kier alpha value is -2.08. The first-order valence-electron chi connectivity index (χ1n) is 4.98. The first-order chi connectivity index (χ1) is 8.31. The lowest BCUT2D eigenvalue weighted by atomic mass is 10.2. The number of aromatic nitrogens is 2. The average Bonchev–Trinajstić information content (AvgIpc) is 2.94. The zero-order valence-corrected chi connectivity index (χ0v) is 9.61. The lowest BCUT2D eigenvalue weighted by molar-refractivity contribution is 0.174. The largest absolute Gasteiger partial charge is 0.454 e. The van der Waals surface area contributed by atoms with E-state index in [0.29, 0.717) is 5.13 Å². The fraction of sp³-hybridized carbons (Fsp3) is 0.0909. The molecular formula is C11H9N3O2S. The lowest BCUT2D eigenvalue weighted by Crippen LogP contribution is -1.92. The SMILES string of the molecule is Nc1nnc(/C=C/c2ccc3c(c2)OCO3)s1. The van der Waals surface area contributed by atoms with E-state index in [4.69, 9.17) is 15.2 Å². The molecule has 0 bridgehead atoms. The maximum Gasteiger partial charge on any atom is 0.231 e. The minimum Gasteiger partial charge on any atom is -0.454 e. The highest BCUT2D eigenvalue weighted by Gasteiger charge is 2.12. The van der Waals surface area contributed by atoms with Crippen LogP contribution < -0.4 is 15.2 Å². The molecule has 86 valence electrons. The predicted molar refractivity (Wildman–Crippen MR) is 65.8 cm³/mol. The molecular weight excluding hydrogens is 238 g/mol. The van der Waals surface area contributed by atoms with Gasteiger partial charge in [-0.2, -0.15) is 0 Å². The fourth-order valence-corrected chi connectivity index (χ4v) is 2.01. The molecule has 17 heavy (non-hydrogen) atoms. The van der Waals surface area contributed by atoms with E-state index < -0.39 is 0 Å². The quantitative estimate of drug-likeness (QED) is 0.879. The van der Waals surface area contributed by atoms with Crippen LogP contribution in [0.2, 0.25) is 0 Å². The second kappa shape index (κ2) is 4.06. The van der Waals surface area contributed by atoms with Crippen LogP contribution in [0, 0.1) is 0 Å². The Labute approximate surface area is 102 Å². The molecule has 0 atom stereocenters. The van der Waals surface area contributed by atoms with Gasteiger partial charge in [0.05, 0.1) is 0 Å². The average molecular weight is 247 g/mol. The van der Waals surface area contributed by atoms with Gasteiger partial charge in [-0.3, -0.25) is 0 Å². The Morgan fingerprint density at radius 2 is 2.06 bits per heavy atom. The van der Waals surface area contributed by atoms with E-state index in [1.165, 1.54) is 11.3 Å². The highest BCUT2D eigenvalue weighted by Crippen LogP contribution is 2.33. The monoisotopic (exact) mass is 247 g/mol. The van der Waals surface area contributed by atoms with Gasteiger partial charge < -0.3 is 15.2 Å². The summed E-state index contributed by atoms with van der Waals surface area (Å²) in [5, 5.41) is 8.89. The third-order valence-electron chi connectivity index (χ3n) is 2.27. The predicted octanol–water partition coefficient (Wildman–Crippen LogP) is 2.02. The maximum atomic E-state index is 5.50. The third kappa shape index (κ3) is 2.07. The molecule has 0 saturated heterocycles. The molecule has 6 heteroatoms. The zero-order valence-electron chi connectivity index (χ0n) is 8.79. The van der Waals surface area contributed by atoms with E-state index in [0.717, 1.165) is 22.1 Å². The smallest absolute Gasteiger partial charge is 0.231 e. The van der Waals surface area contributed by atoms with Crippen molar-refractivity contribution in [2.45, 2.75) is 0 Å². The molecule has 0 unspecified atom stereocenters. The van der Waals surface area contributed by atoms with E-state index in [9.17, 15) is 0 Å². The normalized spacial score (nSPS) is 13.4. The molecule has 0 saturated carbocycles. The second-order valence-corrected chi connectivity index (χ2v) is 4.47. The van der Waals surface area contributed by atoms with Crippen LogP contribution in [0.4, 0.5) is 5.13 Å². The number of rotatable bonds is 2. The second-order valence-electron chi connectivity index (χ2n) is 3.42. The van der Waals surface area contributed by atoms with E-state index in [1.807, 2.05) is 30.4 Å². The van der Waals surface area contributed by atoms with Crippen LogP contribution in [0.1, 0.15) is 10.6 Å². The number of nitrogen functional groups attached to an aromatic ring is 1. The van der Waals surface area contributed by atoms with Gasteiger partial charge >= 0.3 is 0 Å². The Morgan fingerprint density at radius 1 is 1.18 bits per heavy atom. The molecule has 1 aromatic heterocycles. The third-order valence-corrected chi connectivity index (χ3v) is 2.99. The van der Waals surface area contributed by atoms with Crippen molar-refractivity contribution < 1.29 is 9.47 Å². The van der Waals surface area contributed by atoms with Crippen LogP contribution in [-0.2, 0) is 0 Å². The molecule has 5 nitrogen and oxygen atoms in total. The molecule has 1 aromatic carbocycles. The minimum atomic E-state index is 0.287. The van der Waals surface area contributed by atoms with Gasteiger partial charge in [-0.25, -0.2) is 0 Å². The van der Waals surface area contributed by atoms with E-state index in [-0.39, 0.29) is 6.79 Å². The van der Waals surface area contributed by atoms with E-state index in [2.05, 4.69) is 10.2 Å². The molecule has 0 aliphatic carbocycles. The van der Waals surface area contributed by atoms with Crippen molar-refractivity contribution >= 4 is 28.6 Å². The van der Waals surface area contributed by atoms with Gasteiger partial charge in [-0.05, 0) is 23.8 Å². The van der Waals surface area contributed by atoms with Crippen molar-refractivity contribution in [2.24, 2.45) is 0 Å². The summed E-state index contributed by atoms with van der Waals surface area (Å²) in [5.41, 5.74) is 6.51. The van der Waals surface area contributed by atoms with E-state index in [1.54, 1.807) is 0 Å². The van der Waals surface area contributed by atoms with Crippen LogP contribution in [-0.4, -0.2) is 17.0 Å². The summed E-state index contributed by atoms with van der Waals surface area (Å²) in [6.45, 7) is 0.287. The fourth-order valence-electron chi connectivity index (χ4n) is 1.50. The molecule has 2 heterocycles. The van der Waals surface area contributed by atoms with Crippen molar-refractivity contribution in [2.75, 3.05) is 12.5 Å². The van der Waals surface area contributed by atoms with E-state index >= 15 is 0 Å². The van der Waals surface area contributed by atoms with Gasteiger partial charge in [0.2, 0.25) is 11.9 Å². The van der Waals surface area contributed by atoms with Gasteiger partial charge in [0.15, 0.2) is 11.5 Å². The Morgan fingerprint density at radius 3 is 2.88 bits per heavy atom. The summed E-state index contributed by atoms with van der Waals surface area (Å²) in [4.78, 5) is 0. The van der Waals surface area contributed by atoms with Crippen molar-refractivity contribution in [1.82, 2.24) is 10.2 Å². The summed E-state index contributed by atoms with van der Waals surface area (Å²) in [5.74, 6) is 1.55. The number of ether oxygens (including phenoxy) is 2. The Balaban J connectivity index is 1.83. The Kier molecular flexibility index (Phi) is 2.41. The number of benzene rings is 1. The summed E-state index contributed by atoms with van der Waals surface area (Å²) in [6, 6.07) is 5.76. The van der Waals surface area contributed by atoms with Gasteiger partial charge in [0, 0.05) is 0 Å². The summed E-state index contributed by atoms with van der Waals surface area (Å²) in [6.07, 6.45) is 3.80. The highest BCUT2D eigenvalue weighted by molar-refractivity contribution is 7.15. The zero-order chi connectivity index (χ0) is 11.7. The number of hydrogen-bond donors (Lipinski definition) is 1.